The van der Waals surface area contributed by atoms with Crippen LogP contribution in [-0.2, 0) is 22.6 Å². The number of nitrogens with zero attached hydrogens (tertiary/aromatic N) is 3. The van der Waals surface area contributed by atoms with Gasteiger partial charge in [0.05, 0.1) is 18.5 Å². The van der Waals surface area contributed by atoms with Gasteiger partial charge in [-0.3, -0.25) is 9.48 Å². The fraction of sp³-hybridized carbons (Fsp3) is 0.800. The summed E-state index contributed by atoms with van der Waals surface area (Å²) in [5.74, 6) is 0.449. The molecule has 0 bridgehead atoms. The average molecular weight is 363 g/mol. The minimum absolute atomic E-state index is 0.0789. The van der Waals surface area contributed by atoms with Crippen LogP contribution in [0.1, 0.15) is 69.0 Å². The van der Waals surface area contributed by atoms with E-state index >= 15 is 0 Å². The SMILES string of the molecule is CCOCC1CN(C(=O)C2(F)CCC2)Cc2cnn(CC3CCCC3)c21. The van der Waals surface area contributed by atoms with Crippen molar-refractivity contribution in [2.45, 2.75) is 76.5 Å². The first kappa shape index (κ1) is 18.0. The lowest BCUT2D eigenvalue weighted by Crippen LogP contribution is -2.52. The molecule has 1 aromatic heterocycles. The number of halogens is 1. The first-order chi connectivity index (χ1) is 12.6. The highest BCUT2D eigenvalue weighted by Crippen LogP contribution is 2.40. The van der Waals surface area contributed by atoms with E-state index in [0.717, 1.165) is 18.5 Å². The van der Waals surface area contributed by atoms with Crippen LogP contribution >= 0.6 is 0 Å². The van der Waals surface area contributed by atoms with E-state index in [-0.39, 0.29) is 11.8 Å². The topological polar surface area (TPSA) is 47.4 Å². The molecule has 6 heteroatoms. The zero-order valence-electron chi connectivity index (χ0n) is 15.8. The lowest BCUT2D eigenvalue weighted by atomic mass is 9.80. The summed E-state index contributed by atoms with van der Waals surface area (Å²) >= 11 is 0. The van der Waals surface area contributed by atoms with Gasteiger partial charge in [-0.15, -0.1) is 0 Å². The van der Waals surface area contributed by atoms with E-state index in [1.165, 1.54) is 31.4 Å². The first-order valence-corrected chi connectivity index (χ1v) is 10.2. The van der Waals surface area contributed by atoms with Gasteiger partial charge in [0.1, 0.15) is 0 Å². The minimum Gasteiger partial charge on any atom is -0.381 e. The molecule has 1 amide bonds. The summed E-state index contributed by atoms with van der Waals surface area (Å²) in [5.41, 5.74) is 0.638. The van der Waals surface area contributed by atoms with E-state index in [9.17, 15) is 9.18 Å². The molecule has 3 aliphatic rings. The molecule has 0 saturated heterocycles. The summed E-state index contributed by atoms with van der Waals surface area (Å²) in [4.78, 5) is 14.4. The van der Waals surface area contributed by atoms with E-state index in [1.54, 1.807) is 4.90 Å². The van der Waals surface area contributed by atoms with Crippen molar-refractivity contribution in [1.82, 2.24) is 14.7 Å². The van der Waals surface area contributed by atoms with Crippen molar-refractivity contribution in [3.05, 3.63) is 17.5 Å². The third-order valence-electron chi connectivity index (χ3n) is 6.39. The Balaban J connectivity index is 1.55. The maximum atomic E-state index is 14.7. The predicted molar refractivity (Wildman–Crippen MR) is 96.5 cm³/mol. The van der Waals surface area contributed by atoms with Crippen LogP contribution in [0, 0.1) is 5.92 Å². The molecule has 2 fully saturated rings. The Morgan fingerprint density at radius 1 is 1.35 bits per heavy atom. The monoisotopic (exact) mass is 363 g/mol. The first-order valence-electron chi connectivity index (χ1n) is 10.2. The van der Waals surface area contributed by atoms with Crippen LogP contribution in [0.15, 0.2) is 6.20 Å². The summed E-state index contributed by atoms with van der Waals surface area (Å²) in [6.45, 7) is 5.15. The molecule has 144 valence electrons. The fourth-order valence-electron chi connectivity index (χ4n) is 4.76. The van der Waals surface area contributed by atoms with Gasteiger partial charge in [-0.25, -0.2) is 4.39 Å². The van der Waals surface area contributed by atoms with Crippen molar-refractivity contribution in [2.24, 2.45) is 5.92 Å². The molecule has 1 aliphatic heterocycles. The van der Waals surface area contributed by atoms with Crippen LogP contribution in [0.25, 0.3) is 0 Å². The highest BCUT2D eigenvalue weighted by molar-refractivity contribution is 5.86. The molecule has 26 heavy (non-hydrogen) atoms. The summed E-state index contributed by atoms with van der Waals surface area (Å²) in [7, 11) is 0. The molecule has 1 aromatic rings. The molecule has 0 radical (unpaired) electrons. The molecule has 0 aromatic carbocycles. The van der Waals surface area contributed by atoms with Crippen molar-refractivity contribution < 1.29 is 13.9 Å². The molecule has 1 atom stereocenters. The van der Waals surface area contributed by atoms with Gasteiger partial charge in [0.25, 0.3) is 5.91 Å². The van der Waals surface area contributed by atoms with Gasteiger partial charge in [0, 0.05) is 37.7 Å². The minimum atomic E-state index is -1.63. The number of carbonyl (C=O) groups excluding carboxylic acids is 1. The van der Waals surface area contributed by atoms with Gasteiger partial charge in [-0.05, 0) is 44.9 Å². The molecular formula is C20H30FN3O2. The molecular weight excluding hydrogens is 333 g/mol. The van der Waals surface area contributed by atoms with Crippen molar-refractivity contribution >= 4 is 5.91 Å². The molecule has 4 rings (SSSR count). The smallest absolute Gasteiger partial charge is 0.260 e. The Hall–Kier alpha value is -1.43. The predicted octanol–water partition coefficient (Wildman–Crippen LogP) is 3.43. The van der Waals surface area contributed by atoms with Crippen LogP contribution in [0.3, 0.4) is 0 Å². The standard InChI is InChI=1S/C20H30FN3O2/c1-2-26-14-17-13-23(19(25)20(21)8-5-9-20)12-16-10-22-24(18(16)17)11-15-6-3-4-7-15/h10,15,17H,2-9,11-14H2,1H3. The van der Waals surface area contributed by atoms with Gasteiger partial charge in [0.2, 0.25) is 0 Å². The highest BCUT2D eigenvalue weighted by Gasteiger charge is 2.48. The van der Waals surface area contributed by atoms with E-state index in [0.29, 0.717) is 45.1 Å². The number of amides is 1. The number of alkyl halides is 1. The normalized spacial score (nSPS) is 25.2. The van der Waals surface area contributed by atoms with Crippen LogP contribution in [0.5, 0.6) is 0 Å². The lowest BCUT2D eigenvalue weighted by Gasteiger charge is -2.40. The number of ether oxygens (including phenoxy) is 1. The molecule has 0 spiro atoms. The van der Waals surface area contributed by atoms with Crippen molar-refractivity contribution in [3.8, 4) is 0 Å². The summed E-state index contributed by atoms with van der Waals surface area (Å²) in [6, 6.07) is 0. The van der Waals surface area contributed by atoms with Gasteiger partial charge >= 0.3 is 0 Å². The number of aromatic nitrogens is 2. The molecule has 5 nitrogen and oxygen atoms in total. The van der Waals surface area contributed by atoms with Crippen LogP contribution < -0.4 is 0 Å². The quantitative estimate of drug-likeness (QED) is 0.778. The lowest BCUT2D eigenvalue weighted by molar-refractivity contribution is -0.151. The Bertz CT molecular complexity index is 649. The Morgan fingerprint density at radius 2 is 2.12 bits per heavy atom. The zero-order chi connectivity index (χ0) is 18.1. The summed E-state index contributed by atoms with van der Waals surface area (Å²) in [5, 5.41) is 4.64. The van der Waals surface area contributed by atoms with E-state index in [1.807, 2.05) is 13.1 Å². The van der Waals surface area contributed by atoms with Crippen molar-refractivity contribution in [3.63, 3.8) is 0 Å². The second kappa shape index (κ2) is 7.29. The number of rotatable bonds is 6. The third-order valence-corrected chi connectivity index (χ3v) is 6.39. The molecule has 2 heterocycles. The number of hydrogen-bond donors (Lipinski definition) is 0. The van der Waals surface area contributed by atoms with Crippen molar-refractivity contribution in [2.75, 3.05) is 19.8 Å². The van der Waals surface area contributed by atoms with Crippen LogP contribution in [0.4, 0.5) is 4.39 Å². The van der Waals surface area contributed by atoms with E-state index in [4.69, 9.17) is 4.74 Å². The Labute approximate surface area is 154 Å². The van der Waals surface area contributed by atoms with Gasteiger partial charge in [-0.1, -0.05) is 12.8 Å². The number of carbonyl (C=O) groups is 1. The second-order valence-corrected chi connectivity index (χ2v) is 8.25. The summed E-state index contributed by atoms with van der Waals surface area (Å²) < 4.78 is 22.5. The third kappa shape index (κ3) is 3.28. The Morgan fingerprint density at radius 3 is 2.77 bits per heavy atom. The second-order valence-electron chi connectivity index (χ2n) is 8.25. The number of fused-ring (bicyclic) bond motifs is 1. The average Bonchev–Trinajstić information content (AvgIpc) is 3.27. The van der Waals surface area contributed by atoms with Crippen molar-refractivity contribution in [1.29, 1.82) is 0 Å². The van der Waals surface area contributed by atoms with Crippen LogP contribution in [0.2, 0.25) is 0 Å². The van der Waals surface area contributed by atoms with Crippen LogP contribution in [-0.4, -0.2) is 46.0 Å². The van der Waals surface area contributed by atoms with E-state index < -0.39 is 5.67 Å². The summed E-state index contributed by atoms with van der Waals surface area (Å²) in [6.07, 6.45) is 8.62. The molecule has 2 saturated carbocycles. The highest BCUT2D eigenvalue weighted by atomic mass is 19.1. The molecule has 0 N–H and O–H groups in total. The Kier molecular flexibility index (Phi) is 5.04. The fourth-order valence-corrected chi connectivity index (χ4v) is 4.76. The van der Waals surface area contributed by atoms with E-state index in [2.05, 4.69) is 9.78 Å². The largest absolute Gasteiger partial charge is 0.381 e. The van der Waals surface area contributed by atoms with Gasteiger partial charge in [0.15, 0.2) is 5.67 Å². The molecule has 1 unspecified atom stereocenters. The van der Waals surface area contributed by atoms with Gasteiger partial charge in [-0.2, -0.15) is 5.10 Å². The maximum Gasteiger partial charge on any atom is 0.260 e. The molecule has 2 aliphatic carbocycles. The number of hydrogen-bond acceptors (Lipinski definition) is 3. The van der Waals surface area contributed by atoms with Gasteiger partial charge < -0.3 is 9.64 Å². The maximum absolute atomic E-state index is 14.7. The zero-order valence-corrected chi connectivity index (χ0v) is 15.8.